The highest BCUT2D eigenvalue weighted by Crippen LogP contribution is 2.23. The highest BCUT2D eigenvalue weighted by molar-refractivity contribution is 9.10. The highest BCUT2D eigenvalue weighted by Gasteiger charge is 2.13. The zero-order valence-electron chi connectivity index (χ0n) is 7.93. The summed E-state index contributed by atoms with van der Waals surface area (Å²) in [7, 11) is 1.39. The van der Waals surface area contributed by atoms with E-state index in [1.54, 1.807) is 6.07 Å². The van der Waals surface area contributed by atoms with Gasteiger partial charge in [0.15, 0.2) is 0 Å². The summed E-state index contributed by atoms with van der Waals surface area (Å²) in [6, 6.07) is 3.75. The molecule has 0 N–H and O–H groups in total. The first kappa shape index (κ1) is 11.7. The van der Waals surface area contributed by atoms with Gasteiger partial charge in [0.25, 0.3) is 0 Å². The number of rotatable bonds is 2. The van der Waals surface area contributed by atoms with Crippen LogP contribution in [0.25, 0.3) is 0 Å². The van der Waals surface area contributed by atoms with Gasteiger partial charge in [-0.15, -0.1) is 0 Å². The molecule has 0 spiro atoms. The average molecular weight is 322 g/mol. The SMILES string of the molecule is COC(=O)c1cc(Br)cc(C)c1CBr. The number of carbonyl (C=O) groups excluding carboxylic acids is 1. The molecule has 0 aliphatic rings. The summed E-state index contributed by atoms with van der Waals surface area (Å²) in [5, 5.41) is 0.649. The van der Waals surface area contributed by atoms with Gasteiger partial charge in [0.1, 0.15) is 0 Å². The van der Waals surface area contributed by atoms with E-state index in [-0.39, 0.29) is 5.97 Å². The van der Waals surface area contributed by atoms with Crippen LogP contribution < -0.4 is 0 Å². The Morgan fingerprint density at radius 2 is 2.14 bits per heavy atom. The van der Waals surface area contributed by atoms with Gasteiger partial charge in [-0.25, -0.2) is 4.79 Å². The molecule has 0 aliphatic heterocycles. The molecule has 0 unspecified atom stereocenters. The first-order valence-electron chi connectivity index (χ1n) is 4.03. The normalized spacial score (nSPS) is 10.0. The lowest BCUT2D eigenvalue weighted by atomic mass is 10.0. The Morgan fingerprint density at radius 1 is 1.50 bits per heavy atom. The minimum atomic E-state index is -0.302. The van der Waals surface area contributed by atoms with Gasteiger partial charge in [-0.1, -0.05) is 31.9 Å². The van der Waals surface area contributed by atoms with Crippen LogP contribution in [0.1, 0.15) is 21.5 Å². The van der Waals surface area contributed by atoms with Crippen molar-refractivity contribution in [3.05, 3.63) is 33.3 Å². The number of esters is 1. The van der Waals surface area contributed by atoms with Crippen LogP contribution in [0.15, 0.2) is 16.6 Å². The number of hydrogen-bond donors (Lipinski definition) is 0. The fourth-order valence-electron chi connectivity index (χ4n) is 1.24. The summed E-state index contributed by atoms with van der Waals surface area (Å²) in [4.78, 5) is 11.4. The fourth-order valence-corrected chi connectivity index (χ4v) is 2.56. The molecule has 0 heterocycles. The number of hydrogen-bond acceptors (Lipinski definition) is 2. The van der Waals surface area contributed by atoms with Crippen LogP contribution in [0, 0.1) is 6.92 Å². The van der Waals surface area contributed by atoms with Gasteiger partial charge in [-0.05, 0) is 30.2 Å². The number of ether oxygens (including phenoxy) is 1. The Bertz CT molecular complexity index is 361. The molecule has 2 nitrogen and oxygen atoms in total. The number of benzene rings is 1. The molecule has 0 saturated heterocycles. The van der Waals surface area contributed by atoms with Crippen LogP contribution in [-0.2, 0) is 10.1 Å². The average Bonchev–Trinajstić information content (AvgIpc) is 2.15. The molecule has 1 aromatic rings. The number of alkyl halides is 1. The first-order chi connectivity index (χ1) is 6.60. The molecule has 0 saturated carbocycles. The molecule has 1 rings (SSSR count). The van der Waals surface area contributed by atoms with Gasteiger partial charge >= 0.3 is 5.97 Å². The van der Waals surface area contributed by atoms with E-state index in [9.17, 15) is 4.79 Å². The summed E-state index contributed by atoms with van der Waals surface area (Å²) in [6.45, 7) is 1.97. The van der Waals surface area contributed by atoms with Gasteiger partial charge in [-0.2, -0.15) is 0 Å². The standard InChI is InChI=1S/C10H10Br2O2/c1-6-3-7(12)4-8(9(6)5-11)10(13)14-2/h3-4H,5H2,1-2H3. The number of methoxy groups -OCH3 is 1. The zero-order valence-corrected chi connectivity index (χ0v) is 11.1. The molecule has 1 aromatic carbocycles. The minimum Gasteiger partial charge on any atom is -0.465 e. The topological polar surface area (TPSA) is 26.3 Å². The Hall–Kier alpha value is -0.350. The molecule has 0 fully saturated rings. The monoisotopic (exact) mass is 320 g/mol. The third-order valence-electron chi connectivity index (χ3n) is 1.98. The van der Waals surface area contributed by atoms with Crippen molar-refractivity contribution in [2.24, 2.45) is 0 Å². The molecule has 0 atom stereocenters. The summed E-state index contributed by atoms with van der Waals surface area (Å²) < 4.78 is 5.60. The van der Waals surface area contributed by atoms with E-state index < -0.39 is 0 Å². The molecule has 0 amide bonds. The second-order valence-corrected chi connectivity index (χ2v) is 4.35. The van der Waals surface area contributed by atoms with Gasteiger partial charge in [0, 0.05) is 9.80 Å². The molecular weight excluding hydrogens is 312 g/mol. The molecule has 0 radical (unpaired) electrons. The van der Waals surface area contributed by atoms with Crippen molar-refractivity contribution < 1.29 is 9.53 Å². The van der Waals surface area contributed by atoms with Crippen molar-refractivity contribution in [2.45, 2.75) is 12.3 Å². The predicted molar refractivity (Wildman–Crippen MR) is 62.8 cm³/mol. The van der Waals surface area contributed by atoms with Gasteiger partial charge in [-0.3, -0.25) is 0 Å². The summed E-state index contributed by atoms with van der Waals surface area (Å²) >= 11 is 6.71. The zero-order chi connectivity index (χ0) is 10.7. The van der Waals surface area contributed by atoms with Crippen LogP contribution >= 0.6 is 31.9 Å². The molecule has 76 valence electrons. The second-order valence-electron chi connectivity index (χ2n) is 2.87. The third kappa shape index (κ3) is 2.36. The molecule has 0 bridgehead atoms. The fraction of sp³-hybridized carbons (Fsp3) is 0.300. The van der Waals surface area contributed by atoms with E-state index in [0.717, 1.165) is 15.6 Å². The van der Waals surface area contributed by atoms with E-state index in [4.69, 9.17) is 4.74 Å². The smallest absolute Gasteiger partial charge is 0.338 e. The lowest BCUT2D eigenvalue weighted by Gasteiger charge is -2.09. The van der Waals surface area contributed by atoms with E-state index >= 15 is 0 Å². The molecular formula is C10H10Br2O2. The van der Waals surface area contributed by atoms with Crippen molar-refractivity contribution >= 4 is 37.8 Å². The molecule has 14 heavy (non-hydrogen) atoms. The van der Waals surface area contributed by atoms with Crippen LogP contribution in [-0.4, -0.2) is 13.1 Å². The first-order valence-corrected chi connectivity index (χ1v) is 5.95. The van der Waals surface area contributed by atoms with Gasteiger partial charge in [0.2, 0.25) is 0 Å². The lowest BCUT2D eigenvalue weighted by Crippen LogP contribution is -2.06. The van der Waals surface area contributed by atoms with E-state index in [0.29, 0.717) is 10.9 Å². The molecule has 4 heteroatoms. The maximum atomic E-state index is 11.4. The van der Waals surface area contributed by atoms with Crippen molar-refractivity contribution in [3.8, 4) is 0 Å². The Balaban J connectivity index is 3.32. The number of aryl methyl sites for hydroxylation is 1. The minimum absolute atomic E-state index is 0.302. The second kappa shape index (κ2) is 4.94. The van der Waals surface area contributed by atoms with Crippen molar-refractivity contribution in [2.75, 3.05) is 7.11 Å². The largest absolute Gasteiger partial charge is 0.465 e. The van der Waals surface area contributed by atoms with Crippen LogP contribution in [0.5, 0.6) is 0 Å². The Labute approximate surface area is 99.9 Å². The maximum absolute atomic E-state index is 11.4. The lowest BCUT2D eigenvalue weighted by molar-refractivity contribution is 0.0599. The van der Waals surface area contributed by atoms with E-state index in [1.807, 2.05) is 13.0 Å². The molecule has 0 aromatic heterocycles. The maximum Gasteiger partial charge on any atom is 0.338 e. The summed E-state index contributed by atoms with van der Waals surface area (Å²) in [5.41, 5.74) is 2.65. The van der Waals surface area contributed by atoms with E-state index in [1.165, 1.54) is 7.11 Å². The summed E-state index contributed by atoms with van der Waals surface area (Å²) in [6.07, 6.45) is 0. The summed E-state index contributed by atoms with van der Waals surface area (Å²) in [5.74, 6) is -0.302. The highest BCUT2D eigenvalue weighted by atomic mass is 79.9. The van der Waals surface area contributed by atoms with Gasteiger partial charge < -0.3 is 4.74 Å². The van der Waals surface area contributed by atoms with E-state index in [2.05, 4.69) is 31.9 Å². The Kier molecular flexibility index (Phi) is 4.13. The number of halogens is 2. The van der Waals surface area contributed by atoms with Crippen molar-refractivity contribution in [1.82, 2.24) is 0 Å². The van der Waals surface area contributed by atoms with Crippen molar-refractivity contribution in [1.29, 1.82) is 0 Å². The van der Waals surface area contributed by atoms with Crippen molar-refractivity contribution in [3.63, 3.8) is 0 Å². The Morgan fingerprint density at radius 3 is 2.64 bits per heavy atom. The van der Waals surface area contributed by atoms with Gasteiger partial charge in [0.05, 0.1) is 12.7 Å². The number of carbonyl (C=O) groups is 1. The quantitative estimate of drug-likeness (QED) is 0.616. The van der Waals surface area contributed by atoms with Crippen LogP contribution in [0.4, 0.5) is 0 Å². The van der Waals surface area contributed by atoms with Crippen LogP contribution in [0.3, 0.4) is 0 Å². The predicted octanol–water partition coefficient (Wildman–Crippen LogP) is 3.44. The molecule has 0 aliphatic carbocycles. The van der Waals surface area contributed by atoms with Crippen LogP contribution in [0.2, 0.25) is 0 Å². The third-order valence-corrected chi connectivity index (χ3v) is 3.00.